The third-order valence-corrected chi connectivity index (χ3v) is 7.89. The van der Waals surface area contributed by atoms with E-state index >= 15 is 0 Å². The summed E-state index contributed by atoms with van der Waals surface area (Å²) in [5.41, 5.74) is 0. The van der Waals surface area contributed by atoms with Crippen LogP contribution >= 0.6 is 0 Å². The number of rotatable bonds is 4. The lowest BCUT2D eigenvalue weighted by Gasteiger charge is -2.22. The van der Waals surface area contributed by atoms with Crippen LogP contribution in [-0.4, -0.2) is 26.4 Å². The molecule has 0 unspecified atom stereocenters. The van der Waals surface area contributed by atoms with Gasteiger partial charge in [0.05, 0.1) is 18.2 Å². The van der Waals surface area contributed by atoms with Crippen molar-refractivity contribution in [1.82, 2.24) is 0 Å². The fourth-order valence-corrected chi connectivity index (χ4v) is 6.99. The summed E-state index contributed by atoms with van der Waals surface area (Å²) in [7, 11) is -5.73. The monoisotopic (exact) mass is 195 g/mol. The number of hydrogen-bond acceptors (Lipinski definition) is 3. The van der Waals surface area contributed by atoms with Crippen molar-refractivity contribution in [2.75, 3.05) is 5.38 Å². The van der Waals surface area contributed by atoms with Crippen LogP contribution in [0.25, 0.3) is 0 Å². The summed E-state index contributed by atoms with van der Waals surface area (Å²) in [6, 6.07) is 0.911. The van der Waals surface area contributed by atoms with E-state index in [-0.39, 0.29) is 5.38 Å². The van der Waals surface area contributed by atoms with Crippen molar-refractivity contribution >= 4 is 18.2 Å². The summed E-state index contributed by atoms with van der Waals surface area (Å²) < 4.78 is 31.2. The molecule has 0 aromatic heterocycles. The quantitative estimate of drug-likeness (QED) is 0.500. The highest BCUT2D eigenvalue weighted by atomic mass is 32.2. The molecular formula is C6H15O3SSi-. The van der Waals surface area contributed by atoms with Crippen LogP contribution in [-0.2, 0) is 10.1 Å². The predicted molar refractivity (Wildman–Crippen MR) is 47.1 cm³/mol. The lowest BCUT2D eigenvalue weighted by Crippen LogP contribution is -2.35. The Balaban J connectivity index is 4.13. The molecule has 0 amide bonds. The molecule has 68 valence electrons. The van der Waals surface area contributed by atoms with Crippen molar-refractivity contribution in [2.24, 2.45) is 0 Å². The minimum atomic E-state index is -3.99. The highest BCUT2D eigenvalue weighted by molar-refractivity contribution is 7.87. The summed E-state index contributed by atoms with van der Waals surface area (Å²) in [6.45, 7) is 5.88. The first kappa shape index (κ1) is 11.1. The molecule has 0 aromatic rings. The van der Waals surface area contributed by atoms with Crippen LogP contribution in [0.2, 0.25) is 19.1 Å². The standard InChI is InChI=1S/C6H16O3SSi/c1-4-5-11(2,3)6-10(7,8)9/h4-6H2,1-3H3,(H,7,8,9)/p-1. The molecule has 0 atom stereocenters. The van der Waals surface area contributed by atoms with Crippen molar-refractivity contribution in [3.05, 3.63) is 0 Å². The van der Waals surface area contributed by atoms with Crippen molar-refractivity contribution in [1.29, 1.82) is 0 Å². The average Bonchev–Trinajstić information content (AvgIpc) is 1.55. The van der Waals surface area contributed by atoms with E-state index in [9.17, 15) is 13.0 Å². The second-order valence-electron chi connectivity index (χ2n) is 3.62. The zero-order chi connectivity index (χ0) is 9.12. The van der Waals surface area contributed by atoms with E-state index in [1.807, 2.05) is 20.0 Å². The minimum Gasteiger partial charge on any atom is -0.748 e. The van der Waals surface area contributed by atoms with Crippen molar-refractivity contribution in [3.63, 3.8) is 0 Å². The van der Waals surface area contributed by atoms with Gasteiger partial charge in [0.15, 0.2) is 0 Å². The smallest absolute Gasteiger partial charge is 0.0920 e. The molecule has 0 saturated heterocycles. The van der Waals surface area contributed by atoms with Crippen LogP contribution in [0, 0.1) is 0 Å². The lowest BCUT2D eigenvalue weighted by molar-refractivity contribution is 0.467. The van der Waals surface area contributed by atoms with Crippen LogP contribution in [0.3, 0.4) is 0 Å². The first-order valence-corrected chi connectivity index (χ1v) is 8.69. The third kappa shape index (κ3) is 6.52. The van der Waals surface area contributed by atoms with Crippen LogP contribution in [0.15, 0.2) is 0 Å². The Labute approximate surface area is 69.6 Å². The van der Waals surface area contributed by atoms with Gasteiger partial charge in [0, 0.05) is 5.38 Å². The SMILES string of the molecule is CCC[Si](C)(C)CS(=O)(=O)[O-]. The molecule has 0 aliphatic rings. The third-order valence-electron chi connectivity index (χ3n) is 1.49. The van der Waals surface area contributed by atoms with Gasteiger partial charge in [-0.15, -0.1) is 0 Å². The molecule has 0 aliphatic carbocycles. The normalized spacial score (nSPS) is 13.5. The maximum Gasteiger partial charge on any atom is 0.0920 e. The molecule has 0 aliphatic heterocycles. The Hall–Kier alpha value is 0.127. The molecule has 0 rings (SSSR count). The Kier molecular flexibility index (Phi) is 3.73. The molecule has 3 nitrogen and oxygen atoms in total. The van der Waals surface area contributed by atoms with Gasteiger partial charge in [-0.3, -0.25) is 0 Å². The maximum atomic E-state index is 10.4. The molecule has 0 bridgehead atoms. The zero-order valence-electron chi connectivity index (χ0n) is 7.25. The van der Waals surface area contributed by atoms with E-state index in [1.165, 1.54) is 0 Å². The highest BCUT2D eigenvalue weighted by Gasteiger charge is 2.22. The summed E-state index contributed by atoms with van der Waals surface area (Å²) in [5, 5.41) is -0.117. The molecule has 0 fully saturated rings. The van der Waals surface area contributed by atoms with Gasteiger partial charge >= 0.3 is 0 Å². The molecule has 11 heavy (non-hydrogen) atoms. The largest absolute Gasteiger partial charge is 0.748 e. The van der Waals surface area contributed by atoms with Gasteiger partial charge in [-0.1, -0.05) is 32.5 Å². The van der Waals surface area contributed by atoms with Crippen LogP contribution < -0.4 is 0 Å². The van der Waals surface area contributed by atoms with Crippen molar-refractivity contribution in [2.45, 2.75) is 32.5 Å². The predicted octanol–water partition coefficient (Wildman–Crippen LogP) is 1.19. The van der Waals surface area contributed by atoms with Gasteiger partial charge in [0.1, 0.15) is 0 Å². The molecule has 0 N–H and O–H groups in total. The Bertz CT molecular complexity index is 208. The van der Waals surface area contributed by atoms with Gasteiger partial charge in [-0.25, -0.2) is 8.42 Å². The molecule has 0 spiro atoms. The molecule has 0 aromatic carbocycles. The van der Waals surface area contributed by atoms with E-state index in [0.29, 0.717) is 0 Å². The van der Waals surface area contributed by atoms with Crippen LogP contribution in [0.1, 0.15) is 13.3 Å². The zero-order valence-corrected chi connectivity index (χ0v) is 9.07. The fourth-order valence-electron chi connectivity index (χ4n) is 1.23. The highest BCUT2D eigenvalue weighted by Crippen LogP contribution is 2.13. The first-order chi connectivity index (χ1) is 4.77. The fraction of sp³-hybridized carbons (Fsp3) is 1.00. The average molecular weight is 195 g/mol. The van der Waals surface area contributed by atoms with Gasteiger partial charge in [0.2, 0.25) is 0 Å². The number of hydrogen-bond donors (Lipinski definition) is 0. The molecule has 0 saturated carbocycles. The summed E-state index contributed by atoms with van der Waals surface area (Å²) in [4.78, 5) is 0. The van der Waals surface area contributed by atoms with Crippen molar-refractivity contribution < 1.29 is 13.0 Å². The van der Waals surface area contributed by atoms with E-state index in [1.54, 1.807) is 0 Å². The van der Waals surface area contributed by atoms with Gasteiger partial charge in [0.25, 0.3) is 0 Å². The molecule has 0 radical (unpaired) electrons. The topological polar surface area (TPSA) is 57.2 Å². The van der Waals surface area contributed by atoms with Crippen molar-refractivity contribution in [3.8, 4) is 0 Å². The second-order valence-corrected chi connectivity index (χ2v) is 10.7. The summed E-state index contributed by atoms with van der Waals surface area (Å²) in [6.07, 6.45) is 0.967. The van der Waals surface area contributed by atoms with E-state index < -0.39 is 18.2 Å². The van der Waals surface area contributed by atoms with E-state index in [2.05, 4.69) is 0 Å². The lowest BCUT2D eigenvalue weighted by atomic mass is 10.6. The first-order valence-electron chi connectivity index (χ1n) is 3.70. The van der Waals surface area contributed by atoms with Crippen LogP contribution in [0.5, 0.6) is 0 Å². The van der Waals surface area contributed by atoms with Crippen LogP contribution in [0.4, 0.5) is 0 Å². The Morgan fingerprint density at radius 1 is 1.36 bits per heavy atom. The maximum absolute atomic E-state index is 10.4. The Morgan fingerprint density at radius 2 is 1.82 bits per heavy atom. The van der Waals surface area contributed by atoms with Gasteiger partial charge < -0.3 is 4.55 Å². The summed E-state index contributed by atoms with van der Waals surface area (Å²) in [5.74, 6) is 0. The summed E-state index contributed by atoms with van der Waals surface area (Å²) >= 11 is 0. The minimum absolute atomic E-state index is 0.117. The Morgan fingerprint density at radius 3 is 2.09 bits per heavy atom. The van der Waals surface area contributed by atoms with Gasteiger partial charge in [-0.2, -0.15) is 0 Å². The molecular weight excluding hydrogens is 180 g/mol. The second kappa shape index (κ2) is 3.69. The van der Waals surface area contributed by atoms with E-state index in [0.717, 1.165) is 12.5 Å². The molecule has 0 heterocycles. The van der Waals surface area contributed by atoms with E-state index in [4.69, 9.17) is 0 Å². The molecule has 5 heteroatoms. The van der Waals surface area contributed by atoms with Gasteiger partial charge in [-0.05, 0) is 0 Å².